The fraction of sp³-hybridized carbons (Fsp3) is 0.545. The van der Waals surface area contributed by atoms with E-state index in [0.717, 1.165) is 4.88 Å². The number of nitrogens with one attached hydrogen (secondary N) is 1. The van der Waals surface area contributed by atoms with Gasteiger partial charge in [-0.15, -0.1) is 11.3 Å². The molecule has 2 atom stereocenters. The standard InChI is InChI=1S/C11H18N2O2S/c1-8(10-4-3-5-16-10)13-11(14)6-9(7-12)15-2/h3-5,8-9H,6-7,12H2,1-2H3,(H,13,14)/t8-,9?/m1/s1. The molecule has 0 radical (unpaired) electrons. The lowest BCUT2D eigenvalue weighted by Gasteiger charge is -2.15. The Kier molecular flexibility index (Phi) is 5.45. The lowest BCUT2D eigenvalue weighted by Crippen LogP contribution is -2.33. The number of methoxy groups -OCH3 is 1. The van der Waals surface area contributed by atoms with Crippen molar-refractivity contribution >= 4 is 17.2 Å². The highest BCUT2D eigenvalue weighted by molar-refractivity contribution is 7.10. The number of ether oxygens (including phenoxy) is 1. The zero-order valence-electron chi connectivity index (χ0n) is 9.60. The van der Waals surface area contributed by atoms with Gasteiger partial charge in [-0.1, -0.05) is 6.07 Å². The third kappa shape index (κ3) is 3.92. The average Bonchev–Trinajstić information content (AvgIpc) is 2.79. The van der Waals surface area contributed by atoms with Crippen LogP contribution in [0.25, 0.3) is 0 Å². The molecule has 0 aliphatic carbocycles. The highest BCUT2D eigenvalue weighted by Crippen LogP contribution is 2.18. The van der Waals surface area contributed by atoms with Gasteiger partial charge in [0, 0.05) is 18.5 Å². The van der Waals surface area contributed by atoms with Crippen molar-refractivity contribution in [3.8, 4) is 0 Å². The van der Waals surface area contributed by atoms with Gasteiger partial charge in [0.1, 0.15) is 0 Å². The summed E-state index contributed by atoms with van der Waals surface area (Å²) in [6.07, 6.45) is 0.110. The summed E-state index contributed by atoms with van der Waals surface area (Å²) in [6.45, 7) is 2.32. The molecule has 1 heterocycles. The van der Waals surface area contributed by atoms with Gasteiger partial charge >= 0.3 is 0 Å². The largest absolute Gasteiger partial charge is 0.380 e. The van der Waals surface area contributed by atoms with E-state index in [4.69, 9.17) is 10.5 Å². The molecule has 0 bridgehead atoms. The maximum Gasteiger partial charge on any atom is 0.223 e. The maximum absolute atomic E-state index is 11.6. The van der Waals surface area contributed by atoms with Crippen molar-refractivity contribution in [2.24, 2.45) is 5.73 Å². The molecule has 1 amide bonds. The molecule has 1 rings (SSSR count). The fourth-order valence-electron chi connectivity index (χ4n) is 1.38. The van der Waals surface area contributed by atoms with Crippen LogP contribution in [0.4, 0.5) is 0 Å². The third-order valence-corrected chi connectivity index (χ3v) is 3.41. The van der Waals surface area contributed by atoms with Gasteiger partial charge in [-0.2, -0.15) is 0 Å². The van der Waals surface area contributed by atoms with E-state index in [2.05, 4.69) is 5.32 Å². The molecule has 0 aromatic carbocycles. The third-order valence-electron chi connectivity index (χ3n) is 2.36. The van der Waals surface area contributed by atoms with Crippen molar-refractivity contribution < 1.29 is 9.53 Å². The van der Waals surface area contributed by atoms with Crippen LogP contribution in [-0.4, -0.2) is 25.7 Å². The highest BCUT2D eigenvalue weighted by atomic mass is 32.1. The van der Waals surface area contributed by atoms with Gasteiger partial charge in [-0.25, -0.2) is 0 Å². The zero-order chi connectivity index (χ0) is 12.0. The van der Waals surface area contributed by atoms with Crippen molar-refractivity contribution in [2.45, 2.75) is 25.5 Å². The van der Waals surface area contributed by atoms with Gasteiger partial charge < -0.3 is 15.8 Å². The minimum Gasteiger partial charge on any atom is -0.380 e. The van der Waals surface area contributed by atoms with Gasteiger partial charge in [0.2, 0.25) is 5.91 Å². The second kappa shape index (κ2) is 6.62. The summed E-state index contributed by atoms with van der Waals surface area (Å²) in [7, 11) is 1.56. The van der Waals surface area contributed by atoms with Gasteiger partial charge in [0.25, 0.3) is 0 Å². The zero-order valence-corrected chi connectivity index (χ0v) is 10.4. The van der Waals surface area contributed by atoms with E-state index >= 15 is 0 Å². The van der Waals surface area contributed by atoms with Gasteiger partial charge in [-0.3, -0.25) is 4.79 Å². The van der Waals surface area contributed by atoms with Crippen molar-refractivity contribution in [2.75, 3.05) is 13.7 Å². The second-order valence-corrected chi connectivity index (χ2v) is 4.58. The fourth-order valence-corrected chi connectivity index (χ4v) is 2.11. The summed E-state index contributed by atoms with van der Waals surface area (Å²) < 4.78 is 5.06. The Bertz CT molecular complexity index is 310. The van der Waals surface area contributed by atoms with Crippen LogP contribution in [0.15, 0.2) is 17.5 Å². The van der Waals surface area contributed by atoms with E-state index in [1.165, 1.54) is 0 Å². The molecular formula is C11H18N2O2S. The van der Waals surface area contributed by atoms with Crippen LogP contribution in [0.3, 0.4) is 0 Å². The summed E-state index contributed by atoms with van der Waals surface area (Å²) in [5.41, 5.74) is 5.45. The van der Waals surface area contributed by atoms with Crippen molar-refractivity contribution in [1.82, 2.24) is 5.32 Å². The minimum atomic E-state index is -0.199. The molecule has 16 heavy (non-hydrogen) atoms. The molecule has 4 nitrogen and oxygen atoms in total. The maximum atomic E-state index is 11.6. The topological polar surface area (TPSA) is 64.3 Å². The first-order valence-electron chi connectivity index (χ1n) is 5.23. The van der Waals surface area contributed by atoms with E-state index in [9.17, 15) is 4.79 Å². The van der Waals surface area contributed by atoms with Crippen LogP contribution in [0, 0.1) is 0 Å². The molecule has 0 aliphatic heterocycles. The van der Waals surface area contributed by atoms with Gasteiger partial charge in [0.15, 0.2) is 0 Å². The number of thiophene rings is 1. The quantitative estimate of drug-likeness (QED) is 0.790. The van der Waals surface area contributed by atoms with E-state index in [0.29, 0.717) is 13.0 Å². The molecule has 0 saturated carbocycles. The number of amides is 1. The first-order valence-corrected chi connectivity index (χ1v) is 6.11. The number of carbonyl (C=O) groups is 1. The van der Waals surface area contributed by atoms with Crippen molar-refractivity contribution in [1.29, 1.82) is 0 Å². The molecule has 0 spiro atoms. The Morgan fingerprint density at radius 1 is 1.69 bits per heavy atom. The number of hydrogen-bond donors (Lipinski definition) is 2. The van der Waals surface area contributed by atoms with E-state index in [-0.39, 0.29) is 18.1 Å². The number of hydrogen-bond acceptors (Lipinski definition) is 4. The molecular weight excluding hydrogens is 224 g/mol. The van der Waals surface area contributed by atoms with Crippen LogP contribution >= 0.6 is 11.3 Å². The highest BCUT2D eigenvalue weighted by Gasteiger charge is 2.14. The van der Waals surface area contributed by atoms with Crippen LogP contribution in [0.5, 0.6) is 0 Å². The van der Waals surface area contributed by atoms with E-state index < -0.39 is 0 Å². The average molecular weight is 242 g/mol. The Hall–Kier alpha value is -0.910. The first-order chi connectivity index (χ1) is 7.67. The Morgan fingerprint density at radius 3 is 2.94 bits per heavy atom. The first kappa shape index (κ1) is 13.2. The van der Waals surface area contributed by atoms with Crippen LogP contribution in [0.2, 0.25) is 0 Å². The predicted octanol–water partition coefficient (Wildman–Crippen LogP) is 1.29. The van der Waals surface area contributed by atoms with E-state index in [1.54, 1.807) is 18.4 Å². The number of nitrogens with two attached hydrogens (primary N) is 1. The number of rotatable bonds is 6. The summed E-state index contributed by atoms with van der Waals surface area (Å²) in [4.78, 5) is 12.8. The molecule has 5 heteroatoms. The lowest BCUT2D eigenvalue weighted by atomic mass is 10.2. The molecule has 0 fully saturated rings. The van der Waals surface area contributed by atoms with E-state index in [1.807, 2.05) is 24.4 Å². The molecule has 3 N–H and O–H groups in total. The summed E-state index contributed by atoms with van der Waals surface area (Å²) in [6, 6.07) is 4.02. The SMILES string of the molecule is COC(CN)CC(=O)N[C@H](C)c1cccs1. The van der Waals surface area contributed by atoms with Crippen molar-refractivity contribution in [3.05, 3.63) is 22.4 Å². The minimum absolute atomic E-state index is 0.0294. The summed E-state index contributed by atoms with van der Waals surface area (Å²) in [5, 5.41) is 4.91. The molecule has 90 valence electrons. The summed E-state index contributed by atoms with van der Waals surface area (Å²) in [5.74, 6) is -0.0294. The predicted molar refractivity (Wildman–Crippen MR) is 65.3 cm³/mol. The van der Waals surface area contributed by atoms with Crippen LogP contribution < -0.4 is 11.1 Å². The Balaban J connectivity index is 2.39. The monoisotopic (exact) mass is 242 g/mol. The normalized spacial score (nSPS) is 14.4. The Labute approximate surface area is 99.8 Å². The second-order valence-electron chi connectivity index (χ2n) is 3.60. The molecule has 1 unspecified atom stereocenters. The molecule has 1 aromatic rings. The number of carbonyl (C=O) groups excluding carboxylic acids is 1. The van der Waals surface area contributed by atoms with Gasteiger partial charge in [0.05, 0.1) is 18.6 Å². The Morgan fingerprint density at radius 2 is 2.44 bits per heavy atom. The van der Waals surface area contributed by atoms with Crippen LogP contribution in [0.1, 0.15) is 24.3 Å². The van der Waals surface area contributed by atoms with Crippen LogP contribution in [-0.2, 0) is 9.53 Å². The summed E-state index contributed by atoms with van der Waals surface area (Å²) >= 11 is 1.63. The molecule has 1 aromatic heterocycles. The smallest absolute Gasteiger partial charge is 0.223 e. The molecule has 0 saturated heterocycles. The molecule has 0 aliphatic rings. The van der Waals surface area contributed by atoms with Crippen molar-refractivity contribution in [3.63, 3.8) is 0 Å². The van der Waals surface area contributed by atoms with Gasteiger partial charge in [-0.05, 0) is 18.4 Å². The lowest BCUT2D eigenvalue weighted by molar-refractivity contribution is -0.124.